The average molecular weight is 297 g/mol. The molecule has 0 aromatic heterocycles. The van der Waals surface area contributed by atoms with E-state index in [2.05, 4.69) is 4.90 Å². The van der Waals surface area contributed by atoms with Crippen molar-refractivity contribution in [2.45, 2.75) is 24.5 Å². The van der Waals surface area contributed by atoms with Crippen LogP contribution in [0.15, 0.2) is 24.3 Å². The molecule has 0 bridgehead atoms. The smallest absolute Gasteiger partial charge is 0.307 e. The maximum absolute atomic E-state index is 11.5. The van der Waals surface area contributed by atoms with Crippen molar-refractivity contribution in [2.24, 2.45) is 0 Å². The summed E-state index contributed by atoms with van der Waals surface area (Å²) < 4.78 is 23.0. The number of carboxylic acids is 1. The van der Waals surface area contributed by atoms with E-state index in [0.717, 1.165) is 24.3 Å². The van der Waals surface area contributed by atoms with E-state index in [0.29, 0.717) is 12.8 Å². The lowest BCUT2D eigenvalue weighted by atomic mass is 10.1. The molecule has 5 nitrogen and oxygen atoms in total. The molecule has 1 aromatic carbocycles. The second kappa shape index (κ2) is 5.83. The summed E-state index contributed by atoms with van der Waals surface area (Å²) in [7, 11) is -2.94. The number of sulfone groups is 1. The molecular weight excluding hydrogens is 278 g/mol. The van der Waals surface area contributed by atoms with Crippen molar-refractivity contribution >= 4 is 21.5 Å². The zero-order valence-corrected chi connectivity index (χ0v) is 12.3. The Balaban J connectivity index is 1.99. The Morgan fingerprint density at radius 1 is 1.25 bits per heavy atom. The van der Waals surface area contributed by atoms with Gasteiger partial charge in [-0.1, -0.05) is 12.1 Å². The SMILES string of the molecule is CS(=O)(=O)C1CCN(c2ccc(CC(=O)O)cc2)CC1. The van der Waals surface area contributed by atoms with E-state index in [1.165, 1.54) is 6.26 Å². The van der Waals surface area contributed by atoms with Crippen LogP contribution >= 0.6 is 0 Å². The van der Waals surface area contributed by atoms with E-state index >= 15 is 0 Å². The minimum Gasteiger partial charge on any atom is -0.481 e. The van der Waals surface area contributed by atoms with E-state index in [4.69, 9.17) is 5.11 Å². The molecular formula is C14H19NO4S. The molecule has 0 saturated carbocycles. The van der Waals surface area contributed by atoms with Crippen LogP contribution in [0.2, 0.25) is 0 Å². The first kappa shape index (κ1) is 14.8. The van der Waals surface area contributed by atoms with Crippen LogP contribution < -0.4 is 4.90 Å². The highest BCUT2D eigenvalue weighted by atomic mass is 32.2. The number of hydrogen-bond donors (Lipinski definition) is 1. The topological polar surface area (TPSA) is 74.7 Å². The van der Waals surface area contributed by atoms with Gasteiger partial charge in [-0.25, -0.2) is 8.42 Å². The van der Waals surface area contributed by atoms with E-state index in [-0.39, 0.29) is 11.7 Å². The van der Waals surface area contributed by atoms with E-state index < -0.39 is 15.8 Å². The monoisotopic (exact) mass is 297 g/mol. The zero-order valence-electron chi connectivity index (χ0n) is 11.4. The van der Waals surface area contributed by atoms with Crippen molar-refractivity contribution in [3.8, 4) is 0 Å². The number of rotatable bonds is 4. The van der Waals surface area contributed by atoms with Crippen LogP contribution in [-0.4, -0.2) is 44.1 Å². The Morgan fingerprint density at radius 3 is 2.25 bits per heavy atom. The third-order valence-electron chi connectivity index (χ3n) is 3.70. The number of piperidine rings is 1. The summed E-state index contributed by atoms with van der Waals surface area (Å²) in [6, 6.07) is 7.43. The van der Waals surface area contributed by atoms with Crippen molar-refractivity contribution in [2.75, 3.05) is 24.2 Å². The molecule has 1 N–H and O–H groups in total. The van der Waals surface area contributed by atoms with Crippen molar-refractivity contribution < 1.29 is 18.3 Å². The minimum atomic E-state index is -2.94. The average Bonchev–Trinajstić information content (AvgIpc) is 2.38. The fraction of sp³-hybridized carbons (Fsp3) is 0.500. The molecule has 0 amide bonds. The highest BCUT2D eigenvalue weighted by molar-refractivity contribution is 7.91. The predicted octanol–water partition coefficient (Wildman–Crippen LogP) is 1.33. The Hall–Kier alpha value is -1.56. The molecule has 6 heteroatoms. The molecule has 0 radical (unpaired) electrons. The molecule has 1 fully saturated rings. The predicted molar refractivity (Wildman–Crippen MR) is 77.9 cm³/mol. The van der Waals surface area contributed by atoms with Crippen molar-refractivity contribution in [1.82, 2.24) is 0 Å². The van der Waals surface area contributed by atoms with Crippen LogP contribution in [0, 0.1) is 0 Å². The third-order valence-corrected chi connectivity index (χ3v) is 5.39. The van der Waals surface area contributed by atoms with Crippen molar-refractivity contribution in [3.05, 3.63) is 29.8 Å². The Kier molecular flexibility index (Phi) is 4.32. The number of nitrogens with zero attached hydrogens (tertiary/aromatic N) is 1. The lowest BCUT2D eigenvalue weighted by Gasteiger charge is -2.32. The number of hydrogen-bond acceptors (Lipinski definition) is 4. The number of carboxylic acid groups (broad SMARTS) is 1. The van der Waals surface area contributed by atoms with Crippen LogP contribution in [0.25, 0.3) is 0 Å². The Bertz CT molecular complexity index is 572. The van der Waals surface area contributed by atoms with Gasteiger partial charge in [0.15, 0.2) is 0 Å². The van der Waals surface area contributed by atoms with Crippen molar-refractivity contribution in [3.63, 3.8) is 0 Å². The van der Waals surface area contributed by atoms with E-state index in [1.54, 1.807) is 0 Å². The Morgan fingerprint density at radius 2 is 1.80 bits per heavy atom. The van der Waals surface area contributed by atoms with Gasteiger partial charge in [0.2, 0.25) is 0 Å². The zero-order chi connectivity index (χ0) is 14.8. The minimum absolute atomic E-state index is 0.0242. The molecule has 1 aliphatic heterocycles. The van der Waals surface area contributed by atoms with Crippen LogP contribution in [-0.2, 0) is 21.1 Å². The van der Waals surface area contributed by atoms with Crippen LogP contribution in [0.4, 0.5) is 5.69 Å². The van der Waals surface area contributed by atoms with Crippen LogP contribution in [0.1, 0.15) is 18.4 Å². The molecule has 1 aliphatic rings. The van der Waals surface area contributed by atoms with Gasteiger partial charge in [0.05, 0.1) is 11.7 Å². The van der Waals surface area contributed by atoms with Gasteiger partial charge >= 0.3 is 5.97 Å². The first-order valence-corrected chi connectivity index (χ1v) is 8.56. The van der Waals surface area contributed by atoms with Crippen LogP contribution in [0.5, 0.6) is 0 Å². The molecule has 1 saturated heterocycles. The quantitative estimate of drug-likeness (QED) is 0.907. The third kappa shape index (κ3) is 3.72. The summed E-state index contributed by atoms with van der Waals surface area (Å²) in [5.41, 5.74) is 1.79. The van der Waals surface area contributed by atoms with Gasteiger partial charge in [-0.3, -0.25) is 4.79 Å². The number of carbonyl (C=O) groups is 1. The van der Waals surface area contributed by atoms with Crippen molar-refractivity contribution in [1.29, 1.82) is 0 Å². The first-order valence-electron chi connectivity index (χ1n) is 6.61. The molecule has 0 spiro atoms. The lowest BCUT2D eigenvalue weighted by Crippen LogP contribution is -2.39. The second-order valence-corrected chi connectivity index (χ2v) is 7.58. The fourth-order valence-electron chi connectivity index (χ4n) is 2.54. The summed E-state index contributed by atoms with van der Waals surface area (Å²) in [4.78, 5) is 12.8. The summed E-state index contributed by atoms with van der Waals surface area (Å²) in [5, 5.41) is 8.49. The molecule has 0 unspecified atom stereocenters. The first-order chi connectivity index (χ1) is 9.36. The number of anilines is 1. The summed E-state index contributed by atoms with van der Waals surface area (Å²) in [6.07, 6.45) is 2.62. The summed E-state index contributed by atoms with van der Waals surface area (Å²) >= 11 is 0. The van der Waals surface area contributed by atoms with E-state index in [9.17, 15) is 13.2 Å². The molecule has 20 heavy (non-hydrogen) atoms. The standard InChI is InChI=1S/C14H19NO4S/c1-20(18,19)13-6-8-15(9-7-13)12-4-2-11(3-5-12)10-14(16)17/h2-5,13H,6-10H2,1H3,(H,16,17). The fourth-order valence-corrected chi connectivity index (χ4v) is 3.61. The molecule has 0 aliphatic carbocycles. The molecule has 0 atom stereocenters. The number of aliphatic carboxylic acids is 1. The highest BCUT2D eigenvalue weighted by Crippen LogP contribution is 2.23. The normalized spacial score (nSPS) is 17.1. The van der Waals surface area contributed by atoms with Gasteiger partial charge in [0.1, 0.15) is 9.84 Å². The maximum atomic E-state index is 11.5. The number of benzene rings is 1. The molecule has 110 valence electrons. The van der Waals surface area contributed by atoms with Gasteiger partial charge < -0.3 is 10.0 Å². The largest absolute Gasteiger partial charge is 0.481 e. The summed E-state index contributed by atoms with van der Waals surface area (Å²) in [5.74, 6) is -0.841. The van der Waals surface area contributed by atoms with Gasteiger partial charge in [0, 0.05) is 25.0 Å². The van der Waals surface area contributed by atoms with Gasteiger partial charge in [-0.15, -0.1) is 0 Å². The van der Waals surface area contributed by atoms with E-state index in [1.807, 2.05) is 24.3 Å². The maximum Gasteiger partial charge on any atom is 0.307 e. The molecule has 2 rings (SSSR count). The second-order valence-electron chi connectivity index (χ2n) is 5.25. The Labute approximate surface area is 119 Å². The van der Waals surface area contributed by atoms with Gasteiger partial charge in [0.25, 0.3) is 0 Å². The molecule has 1 aromatic rings. The van der Waals surface area contributed by atoms with Gasteiger partial charge in [-0.05, 0) is 30.5 Å². The van der Waals surface area contributed by atoms with Gasteiger partial charge in [-0.2, -0.15) is 0 Å². The lowest BCUT2D eigenvalue weighted by molar-refractivity contribution is -0.136. The molecule has 1 heterocycles. The summed E-state index contributed by atoms with van der Waals surface area (Å²) in [6.45, 7) is 1.44. The van der Waals surface area contributed by atoms with Crippen LogP contribution in [0.3, 0.4) is 0 Å². The highest BCUT2D eigenvalue weighted by Gasteiger charge is 2.26.